The first-order valence-electron chi connectivity index (χ1n) is 8.30. The molecule has 0 spiro atoms. The van der Waals surface area contributed by atoms with Gasteiger partial charge in [0.15, 0.2) is 18.2 Å². The summed E-state index contributed by atoms with van der Waals surface area (Å²) in [4.78, 5) is 8.94. The largest absolute Gasteiger partial charge is 0.619 e. The molecule has 0 aliphatic heterocycles. The van der Waals surface area contributed by atoms with E-state index in [1.54, 1.807) is 18.3 Å². The van der Waals surface area contributed by atoms with Gasteiger partial charge in [0.1, 0.15) is 11.6 Å². The average molecular weight is 373 g/mol. The van der Waals surface area contributed by atoms with Gasteiger partial charge >= 0.3 is 0 Å². The van der Waals surface area contributed by atoms with Crippen molar-refractivity contribution >= 4 is 17.4 Å². The Hall–Kier alpha value is -2.73. The molecule has 2 heterocycles. The van der Waals surface area contributed by atoms with Crippen LogP contribution in [0, 0.1) is 11.0 Å². The Morgan fingerprint density at radius 3 is 2.81 bits per heavy atom. The van der Waals surface area contributed by atoms with Crippen molar-refractivity contribution in [3.05, 3.63) is 76.1 Å². The summed E-state index contributed by atoms with van der Waals surface area (Å²) in [5.74, 6) is 0.604. The van der Waals surface area contributed by atoms with Gasteiger partial charge in [-0.2, -0.15) is 4.73 Å². The molecule has 3 aromatic rings. The number of aryl methyl sites for hydroxylation is 1. The van der Waals surface area contributed by atoms with Gasteiger partial charge in [0.2, 0.25) is 0 Å². The first kappa shape index (κ1) is 18.1. The number of anilines is 1. The summed E-state index contributed by atoms with van der Waals surface area (Å²) in [6.07, 6.45) is 4.40. The summed E-state index contributed by atoms with van der Waals surface area (Å²) in [6.45, 7) is 2.61. The van der Waals surface area contributed by atoms with Gasteiger partial charge in [-0.05, 0) is 37.1 Å². The lowest BCUT2D eigenvalue weighted by Crippen LogP contribution is -2.25. The van der Waals surface area contributed by atoms with E-state index in [9.17, 15) is 9.60 Å². The van der Waals surface area contributed by atoms with Crippen LogP contribution in [0.15, 0.2) is 48.8 Å². The van der Waals surface area contributed by atoms with E-state index in [-0.39, 0.29) is 5.02 Å². The maximum Gasteiger partial charge on any atom is 0.183 e. The molecule has 134 valence electrons. The minimum Gasteiger partial charge on any atom is -0.619 e. The van der Waals surface area contributed by atoms with Crippen molar-refractivity contribution < 1.29 is 9.12 Å². The maximum atomic E-state index is 13.7. The molecule has 0 bridgehead atoms. The molecule has 0 aliphatic rings. The molecule has 0 saturated carbocycles. The Balaban J connectivity index is 1.77. The van der Waals surface area contributed by atoms with E-state index in [0.29, 0.717) is 30.2 Å². The van der Waals surface area contributed by atoms with Crippen LogP contribution in [0.2, 0.25) is 5.02 Å². The SMILES string of the molecule is CCc1cc(NCCc2ccc[n+]([O-])c2)nc(-c2ccc(Cl)c(F)c2)n1. The first-order valence-corrected chi connectivity index (χ1v) is 8.68. The fourth-order valence-corrected chi connectivity index (χ4v) is 2.63. The Bertz CT molecular complexity index is 920. The van der Waals surface area contributed by atoms with Crippen LogP contribution < -0.4 is 10.0 Å². The predicted molar refractivity (Wildman–Crippen MR) is 99.4 cm³/mol. The summed E-state index contributed by atoms with van der Waals surface area (Å²) < 4.78 is 14.5. The highest BCUT2D eigenvalue weighted by Crippen LogP contribution is 2.23. The van der Waals surface area contributed by atoms with Gasteiger partial charge in [-0.25, -0.2) is 14.4 Å². The van der Waals surface area contributed by atoms with E-state index < -0.39 is 5.82 Å². The molecular formula is C19H18ClFN4O. The zero-order valence-electron chi connectivity index (χ0n) is 14.2. The molecule has 0 saturated heterocycles. The highest BCUT2D eigenvalue weighted by molar-refractivity contribution is 6.30. The molecule has 7 heteroatoms. The summed E-state index contributed by atoms with van der Waals surface area (Å²) in [7, 11) is 0. The van der Waals surface area contributed by atoms with Crippen molar-refractivity contribution in [3.8, 4) is 11.4 Å². The molecule has 1 N–H and O–H groups in total. The molecule has 2 aromatic heterocycles. The number of hydrogen-bond donors (Lipinski definition) is 1. The highest BCUT2D eigenvalue weighted by Gasteiger charge is 2.09. The van der Waals surface area contributed by atoms with Gasteiger partial charge < -0.3 is 10.5 Å². The molecule has 5 nitrogen and oxygen atoms in total. The molecule has 0 radical (unpaired) electrons. The fourth-order valence-electron chi connectivity index (χ4n) is 2.52. The third-order valence-electron chi connectivity index (χ3n) is 3.88. The van der Waals surface area contributed by atoms with Gasteiger partial charge in [-0.1, -0.05) is 18.5 Å². The monoisotopic (exact) mass is 372 g/mol. The lowest BCUT2D eigenvalue weighted by Gasteiger charge is -2.10. The van der Waals surface area contributed by atoms with Crippen molar-refractivity contribution in [2.75, 3.05) is 11.9 Å². The molecule has 3 rings (SSSR count). The highest BCUT2D eigenvalue weighted by atomic mass is 35.5. The van der Waals surface area contributed by atoms with E-state index in [1.807, 2.05) is 19.1 Å². The van der Waals surface area contributed by atoms with Crippen LogP contribution in [0.5, 0.6) is 0 Å². The third-order valence-corrected chi connectivity index (χ3v) is 4.18. The third kappa shape index (κ3) is 4.46. The molecule has 0 fully saturated rings. The average Bonchev–Trinajstić information content (AvgIpc) is 2.64. The van der Waals surface area contributed by atoms with Crippen LogP contribution in [0.1, 0.15) is 18.2 Å². The van der Waals surface area contributed by atoms with Crippen LogP contribution in [0.25, 0.3) is 11.4 Å². The van der Waals surface area contributed by atoms with Crippen molar-refractivity contribution in [3.63, 3.8) is 0 Å². The Morgan fingerprint density at radius 2 is 2.08 bits per heavy atom. The number of nitrogens with zero attached hydrogens (tertiary/aromatic N) is 3. The number of pyridine rings is 1. The molecule has 0 amide bonds. The van der Waals surface area contributed by atoms with E-state index in [0.717, 1.165) is 22.4 Å². The molecular weight excluding hydrogens is 355 g/mol. The zero-order valence-corrected chi connectivity index (χ0v) is 15.0. The van der Waals surface area contributed by atoms with E-state index in [1.165, 1.54) is 18.3 Å². The Labute approximate surface area is 156 Å². The lowest BCUT2D eigenvalue weighted by molar-refractivity contribution is -0.605. The normalized spacial score (nSPS) is 10.7. The van der Waals surface area contributed by atoms with E-state index in [4.69, 9.17) is 11.6 Å². The van der Waals surface area contributed by atoms with Crippen LogP contribution in [0.3, 0.4) is 0 Å². The summed E-state index contributed by atoms with van der Waals surface area (Å²) in [5.41, 5.74) is 2.35. The fraction of sp³-hybridized carbons (Fsp3) is 0.211. The van der Waals surface area contributed by atoms with Crippen molar-refractivity contribution in [2.24, 2.45) is 0 Å². The zero-order chi connectivity index (χ0) is 18.5. The van der Waals surface area contributed by atoms with Gasteiger partial charge in [0, 0.05) is 35.5 Å². The van der Waals surface area contributed by atoms with E-state index >= 15 is 0 Å². The quantitative estimate of drug-likeness (QED) is 0.528. The van der Waals surface area contributed by atoms with Gasteiger partial charge in [0.05, 0.1) is 5.02 Å². The van der Waals surface area contributed by atoms with Crippen LogP contribution in [-0.4, -0.2) is 16.5 Å². The topological polar surface area (TPSA) is 64.8 Å². The molecule has 26 heavy (non-hydrogen) atoms. The second kappa shape index (κ2) is 8.10. The van der Waals surface area contributed by atoms with Crippen molar-refractivity contribution in [1.82, 2.24) is 9.97 Å². The number of benzene rings is 1. The first-order chi connectivity index (χ1) is 12.5. The Kier molecular flexibility index (Phi) is 5.63. The second-order valence-corrected chi connectivity index (χ2v) is 6.21. The molecule has 0 aliphatic carbocycles. The van der Waals surface area contributed by atoms with Gasteiger partial charge in [-0.3, -0.25) is 0 Å². The molecule has 1 aromatic carbocycles. The van der Waals surface area contributed by atoms with Crippen LogP contribution in [-0.2, 0) is 12.8 Å². The Morgan fingerprint density at radius 1 is 1.23 bits per heavy atom. The van der Waals surface area contributed by atoms with Gasteiger partial charge in [-0.15, -0.1) is 0 Å². The number of nitrogens with one attached hydrogen (secondary N) is 1. The minimum atomic E-state index is -0.501. The number of aromatic nitrogens is 3. The maximum absolute atomic E-state index is 13.7. The molecule has 0 atom stereocenters. The van der Waals surface area contributed by atoms with Crippen molar-refractivity contribution in [2.45, 2.75) is 19.8 Å². The summed E-state index contributed by atoms with van der Waals surface area (Å²) in [6, 6.07) is 10.0. The van der Waals surface area contributed by atoms with Gasteiger partial charge in [0.25, 0.3) is 0 Å². The van der Waals surface area contributed by atoms with Crippen molar-refractivity contribution in [1.29, 1.82) is 0 Å². The number of halogens is 2. The predicted octanol–water partition coefficient (Wildman–Crippen LogP) is 3.79. The van der Waals surface area contributed by atoms with Crippen LogP contribution >= 0.6 is 11.6 Å². The van der Waals surface area contributed by atoms with E-state index in [2.05, 4.69) is 15.3 Å². The molecule has 0 unspecified atom stereocenters. The standard InChI is InChI=1S/C19H18ClFN4O/c1-2-15-11-18(22-8-7-13-4-3-9-25(26)12-13)24-19(23-15)14-5-6-16(20)17(21)10-14/h3-6,9-12H,2,7-8H2,1H3,(H,22,23,24). The van der Waals surface area contributed by atoms with Crippen LogP contribution in [0.4, 0.5) is 10.2 Å². The summed E-state index contributed by atoms with van der Waals surface area (Å²) in [5, 5.41) is 14.6. The smallest absolute Gasteiger partial charge is 0.183 e. The minimum absolute atomic E-state index is 0.0669. The second-order valence-electron chi connectivity index (χ2n) is 5.80. The lowest BCUT2D eigenvalue weighted by atomic mass is 10.2. The number of rotatable bonds is 6. The summed E-state index contributed by atoms with van der Waals surface area (Å²) >= 11 is 5.74. The number of hydrogen-bond acceptors (Lipinski definition) is 4.